The van der Waals surface area contributed by atoms with Crippen molar-refractivity contribution in [2.45, 2.75) is 69.8 Å². The van der Waals surface area contributed by atoms with Crippen molar-refractivity contribution in [2.75, 3.05) is 13.2 Å². The van der Waals surface area contributed by atoms with Gasteiger partial charge in [0.2, 0.25) is 0 Å². The largest absolute Gasteiger partial charge is 0.459 e. The molecule has 0 bridgehead atoms. The second-order valence-electron chi connectivity index (χ2n) is 11.1. The minimum Gasteiger partial charge on any atom is -0.459 e. The second kappa shape index (κ2) is 12.9. The van der Waals surface area contributed by atoms with Crippen molar-refractivity contribution < 1.29 is 23.8 Å². The number of hydrogen-bond donors (Lipinski definition) is 1. The minimum absolute atomic E-state index is 0.0557. The Balaban J connectivity index is 1.37. The number of hydrogen-bond acceptors (Lipinski definition) is 5. The molecule has 0 spiro atoms. The number of rotatable bonds is 10. The van der Waals surface area contributed by atoms with Gasteiger partial charge < -0.3 is 19.0 Å². The first-order chi connectivity index (χ1) is 18.3. The molecule has 0 amide bonds. The lowest BCUT2D eigenvalue weighted by Gasteiger charge is -2.43. The molecule has 202 valence electrons. The highest BCUT2D eigenvalue weighted by Gasteiger charge is 2.50. The molecule has 1 aliphatic rings. The predicted octanol–water partition coefficient (Wildman–Crippen LogP) is 5.11. The van der Waals surface area contributed by atoms with E-state index in [1.165, 1.54) is 10.4 Å². The average Bonchev–Trinajstić information content (AvgIpc) is 2.93. The third kappa shape index (κ3) is 6.80. The van der Waals surface area contributed by atoms with Gasteiger partial charge in [0, 0.05) is 6.42 Å². The zero-order valence-electron chi connectivity index (χ0n) is 22.7. The molecule has 0 aromatic heterocycles. The van der Waals surface area contributed by atoms with Crippen LogP contribution in [-0.4, -0.2) is 50.9 Å². The van der Waals surface area contributed by atoms with Gasteiger partial charge in [-0.25, -0.2) is 4.79 Å². The number of ether oxygens (including phenoxy) is 2. The highest BCUT2D eigenvalue weighted by atomic mass is 28.4. The maximum absolute atomic E-state index is 12.5. The quantitative estimate of drug-likeness (QED) is 0.290. The summed E-state index contributed by atoms with van der Waals surface area (Å²) in [4.78, 5) is 12.5. The Morgan fingerprint density at radius 3 is 1.92 bits per heavy atom. The third-order valence-electron chi connectivity index (χ3n) is 7.29. The molecule has 4 rings (SSSR count). The molecule has 3 aromatic carbocycles. The summed E-state index contributed by atoms with van der Waals surface area (Å²) in [5.74, 6) is -0.296. The van der Waals surface area contributed by atoms with Crippen molar-refractivity contribution in [2.24, 2.45) is 0 Å². The lowest BCUT2D eigenvalue weighted by atomic mass is 9.94. The number of carbonyl (C=O) groups excluding carboxylic acids is 1. The first kappa shape index (κ1) is 28.2. The van der Waals surface area contributed by atoms with Crippen molar-refractivity contribution in [3.05, 3.63) is 96.6 Å². The maximum atomic E-state index is 12.5. The van der Waals surface area contributed by atoms with E-state index >= 15 is 0 Å². The van der Waals surface area contributed by atoms with Crippen LogP contribution in [0.1, 0.15) is 56.8 Å². The summed E-state index contributed by atoms with van der Waals surface area (Å²) in [6.07, 6.45) is 2.29. The van der Waals surface area contributed by atoms with Gasteiger partial charge in [-0.3, -0.25) is 0 Å². The number of carbonyl (C=O) groups is 1. The molecule has 1 saturated carbocycles. The Labute approximate surface area is 227 Å². The fourth-order valence-electron chi connectivity index (χ4n) is 5.43. The smallest absolute Gasteiger partial charge is 0.338 e. The molecule has 3 aromatic rings. The molecule has 0 radical (unpaired) electrons. The fourth-order valence-corrected chi connectivity index (χ4v) is 10.0. The standard InChI is InChI=1S/C32H40O5Si/c1-32(2,3)38(29-18-9-5-10-19-29,30-20-11-6-12-21-30)36-24-26(33)23-35-27-16-13-17-28(22-27)37-31(34)25-14-7-4-8-15-25/h4-12,14-15,18-21,26-28,33H,13,16-17,22-24H2,1-3H3/t26-,27-,28+/m0/s1. The Kier molecular flexibility index (Phi) is 9.55. The lowest BCUT2D eigenvalue weighted by molar-refractivity contribution is -0.0619. The second-order valence-corrected chi connectivity index (χ2v) is 15.4. The van der Waals surface area contributed by atoms with E-state index in [1.54, 1.807) is 12.1 Å². The van der Waals surface area contributed by atoms with Gasteiger partial charge in [0.05, 0.1) is 31.0 Å². The van der Waals surface area contributed by atoms with Crippen LogP contribution in [0.2, 0.25) is 5.04 Å². The zero-order chi connectivity index (χ0) is 27.0. The number of aliphatic hydroxyl groups is 1. The van der Waals surface area contributed by atoms with E-state index in [1.807, 2.05) is 30.3 Å². The predicted molar refractivity (Wildman–Crippen MR) is 153 cm³/mol. The van der Waals surface area contributed by atoms with Gasteiger partial charge in [0.25, 0.3) is 8.32 Å². The van der Waals surface area contributed by atoms with Crippen LogP contribution in [0.5, 0.6) is 0 Å². The first-order valence-electron chi connectivity index (χ1n) is 13.6. The van der Waals surface area contributed by atoms with Gasteiger partial charge in [0.1, 0.15) is 6.10 Å². The van der Waals surface area contributed by atoms with E-state index < -0.39 is 14.4 Å². The van der Waals surface area contributed by atoms with Crippen LogP contribution >= 0.6 is 0 Å². The van der Waals surface area contributed by atoms with Crippen LogP contribution in [0.25, 0.3) is 0 Å². The molecule has 1 N–H and O–H groups in total. The van der Waals surface area contributed by atoms with E-state index in [9.17, 15) is 9.90 Å². The molecule has 0 heterocycles. The lowest BCUT2D eigenvalue weighted by Crippen LogP contribution is -2.67. The average molecular weight is 533 g/mol. The number of benzene rings is 3. The Bertz CT molecular complexity index is 1090. The van der Waals surface area contributed by atoms with Crippen molar-refractivity contribution in [1.29, 1.82) is 0 Å². The molecule has 5 nitrogen and oxygen atoms in total. The topological polar surface area (TPSA) is 65.0 Å². The van der Waals surface area contributed by atoms with Crippen LogP contribution < -0.4 is 10.4 Å². The molecule has 6 heteroatoms. The van der Waals surface area contributed by atoms with E-state index in [0.29, 0.717) is 12.0 Å². The van der Waals surface area contributed by atoms with Crippen molar-refractivity contribution in [3.63, 3.8) is 0 Å². The third-order valence-corrected chi connectivity index (χ3v) is 12.3. The van der Waals surface area contributed by atoms with Crippen LogP contribution in [0, 0.1) is 0 Å². The number of aliphatic hydroxyl groups excluding tert-OH is 1. The van der Waals surface area contributed by atoms with Crippen molar-refractivity contribution >= 4 is 24.7 Å². The van der Waals surface area contributed by atoms with Crippen molar-refractivity contribution in [3.8, 4) is 0 Å². The van der Waals surface area contributed by atoms with Crippen LogP contribution in [0.15, 0.2) is 91.0 Å². The Morgan fingerprint density at radius 1 is 0.842 bits per heavy atom. The monoisotopic (exact) mass is 532 g/mol. The zero-order valence-corrected chi connectivity index (χ0v) is 23.7. The summed E-state index contributed by atoms with van der Waals surface area (Å²) in [5.41, 5.74) is 0.562. The molecule has 3 atom stereocenters. The highest BCUT2D eigenvalue weighted by molar-refractivity contribution is 6.99. The van der Waals surface area contributed by atoms with E-state index in [-0.39, 0.29) is 36.4 Å². The summed E-state index contributed by atoms with van der Waals surface area (Å²) in [7, 11) is -2.72. The van der Waals surface area contributed by atoms with Crippen molar-refractivity contribution in [1.82, 2.24) is 0 Å². The molecule has 1 fully saturated rings. The molecular formula is C32H40O5Si. The van der Waals surface area contributed by atoms with Gasteiger partial charge in [-0.2, -0.15) is 0 Å². The Hall–Kier alpha value is -2.77. The first-order valence-corrected chi connectivity index (χ1v) is 15.5. The highest BCUT2D eigenvalue weighted by Crippen LogP contribution is 2.36. The summed E-state index contributed by atoms with van der Waals surface area (Å²) in [6.45, 7) is 7.04. The molecule has 0 unspecified atom stereocenters. The maximum Gasteiger partial charge on any atom is 0.338 e. The summed E-state index contributed by atoms with van der Waals surface area (Å²) in [6, 6.07) is 29.9. The summed E-state index contributed by atoms with van der Waals surface area (Å²) in [5, 5.41) is 13.2. The fraction of sp³-hybridized carbons (Fsp3) is 0.406. The van der Waals surface area contributed by atoms with Crippen LogP contribution in [-0.2, 0) is 13.9 Å². The Morgan fingerprint density at radius 2 is 1.37 bits per heavy atom. The van der Waals surface area contributed by atoms with Gasteiger partial charge in [0.15, 0.2) is 0 Å². The van der Waals surface area contributed by atoms with E-state index in [2.05, 4.69) is 69.3 Å². The molecule has 1 aliphatic carbocycles. The van der Waals surface area contributed by atoms with Gasteiger partial charge in [-0.15, -0.1) is 0 Å². The summed E-state index contributed by atoms with van der Waals surface area (Å²) >= 11 is 0. The van der Waals surface area contributed by atoms with E-state index in [0.717, 1.165) is 19.3 Å². The van der Waals surface area contributed by atoms with Crippen LogP contribution in [0.3, 0.4) is 0 Å². The normalized spacial score (nSPS) is 19.1. The van der Waals surface area contributed by atoms with Gasteiger partial charge >= 0.3 is 5.97 Å². The number of esters is 1. The SMILES string of the molecule is CC(C)(C)[Si](OC[C@@H](O)CO[C@H]1CCC[C@@H](OC(=O)c2ccccc2)C1)(c1ccccc1)c1ccccc1. The molecule has 38 heavy (non-hydrogen) atoms. The van der Waals surface area contributed by atoms with E-state index in [4.69, 9.17) is 13.9 Å². The van der Waals surface area contributed by atoms with Crippen LogP contribution in [0.4, 0.5) is 0 Å². The molecule has 0 saturated heterocycles. The molecule has 0 aliphatic heterocycles. The van der Waals surface area contributed by atoms with Gasteiger partial charge in [-0.05, 0) is 46.8 Å². The van der Waals surface area contributed by atoms with Gasteiger partial charge in [-0.1, -0.05) is 99.6 Å². The molecular weight excluding hydrogens is 492 g/mol. The minimum atomic E-state index is -2.72. The summed E-state index contributed by atoms with van der Waals surface area (Å²) < 4.78 is 18.7.